The number of hydrazone groups is 1. The Morgan fingerprint density at radius 1 is 1.35 bits per heavy atom. The molecule has 0 aliphatic carbocycles. The van der Waals surface area contributed by atoms with Crippen LogP contribution in [0.2, 0.25) is 0 Å². The molecular formula is C15H12BrN3O2S2. The summed E-state index contributed by atoms with van der Waals surface area (Å²) in [5, 5.41) is 18.8. The number of phenolic OH excluding ortho intramolecular Hbond substituents is 1. The van der Waals surface area contributed by atoms with E-state index in [1.165, 1.54) is 18.4 Å². The number of thiophene rings is 1. The van der Waals surface area contributed by atoms with Crippen LogP contribution in [0.15, 0.2) is 44.6 Å². The van der Waals surface area contributed by atoms with E-state index in [-0.39, 0.29) is 5.75 Å². The number of anilines is 1. The predicted molar refractivity (Wildman–Crippen MR) is 99.0 cm³/mol. The minimum absolute atomic E-state index is 0.0469. The molecule has 0 saturated carbocycles. The van der Waals surface area contributed by atoms with Crippen LogP contribution in [0.1, 0.15) is 5.56 Å². The number of halogens is 1. The van der Waals surface area contributed by atoms with Crippen molar-refractivity contribution >= 4 is 49.9 Å². The van der Waals surface area contributed by atoms with Crippen LogP contribution in [-0.4, -0.2) is 23.4 Å². The van der Waals surface area contributed by atoms with Crippen molar-refractivity contribution in [3.05, 3.63) is 45.1 Å². The van der Waals surface area contributed by atoms with Gasteiger partial charge in [0.15, 0.2) is 11.5 Å². The SMILES string of the molecule is COc1ccc(/C=N\Nc2nc(-c3cccs3)cs2)c(Br)c1O. The van der Waals surface area contributed by atoms with Crippen molar-refractivity contribution in [3.63, 3.8) is 0 Å². The number of methoxy groups -OCH3 is 1. The van der Waals surface area contributed by atoms with E-state index < -0.39 is 0 Å². The molecule has 2 heterocycles. The van der Waals surface area contributed by atoms with Crippen molar-refractivity contribution in [2.75, 3.05) is 12.5 Å². The maximum atomic E-state index is 9.94. The first-order valence-electron chi connectivity index (χ1n) is 6.53. The Balaban J connectivity index is 1.71. The fourth-order valence-electron chi connectivity index (χ4n) is 1.85. The standard InChI is InChI=1S/C15H12BrN3O2S2/c1-21-11-5-4-9(13(16)14(11)20)7-17-19-15-18-10(8-23-15)12-3-2-6-22-12/h2-8,20H,1H3,(H,18,19)/b17-7-. The van der Waals surface area contributed by atoms with Gasteiger partial charge >= 0.3 is 0 Å². The molecule has 0 radical (unpaired) electrons. The van der Waals surface area contributed by atoms with Gasteiger partial charge in [-0.15, -0.1) is 22.7 Å². The quantitative estimate of drug-likeness (QED) is 0.469. The highest BCUT2D eigenvalue weighted by molar-refractivity contribution is 9.10. The van der Waals surface area contributed by atoms with Gasteiger partial charge in [-0.2, -0.15) is 5.10 Å². The van der Waals surface area contributed by atoms with Gasteiger partial charge in [0.2, 0.25) is 5.13 Å². The first-order valence-corrected chi connectivity index (χ1v) is 9.08. The van der Waals surface area contributed by atoms with Crippen LogP contribution >= 0.6 is 38.6 Å². The molecule has 2 N–H and O–H groups in total. The summed E-state index contributed by atoms with van der Waals surface area (Å²) in [7, 11) is 1.50. The maximum Gasteiger partial charge on any atom is 0.203 e. The number of rotatable bonds is 5. The number of aromatic nitrogens is 1. The van der Waals surface area contributed by atoms with Crippen molar-refractivity contribution in [2.24, 2.45) is 5.10 Å². The van der Waals surface area contributed by atoms with Crippen molar-refractivity contribution in [1.29, 1.82) is 0 Å². The molecule has 23 heavy (non-hydrogen) atoms. The zero-order valence-electron chi connectivity index (χ0n) is 12.0. The van der Waals surface area contributed by atoms with Gasteiger partial charge in [0.1, 0.15) is 0 Å². The molecule has 0 unspecified atom stereocenters. The zero-order chi connectivity index (χ0) is 16.2. The number of hydrogen-bond acceptors (Lipinski definition) is 7. The average Bonchev–Trinajstić information content (AvgIpc) is 3.22. The normalized spacial score (nSPS) is 11.0. The van der Waals surface area contributed by atoms with Crippen molar-refractivity contribution in [3.8, 4) is 22.1 Å². The van der Waals surface area contributed by atoms with Crippen LogP contribution in [0.4, 0.5) is 5.13 Å². The molecule has 0 atom stereocenters. The minimum Gasteiger partial charge on any atom is -0.503 e. The summed E-state index contributed by atoms with van der Waals surface area (Å²) in [6.45, 7) is 0. The molecule has 0 amide bonds. The van der Waals surface area contributed by atoms with Gasteiger partial charge in [-0.25, -0.2) is 4.98 Å². The third-order valence-electron chi connectivity index (χ3n) is 2.97. The van der Waals surface area contributed by atoms with E-state index in [9.17, 15) is 5.11 Å². The third kappa shape index (κ3) is 3.54. The highest BCUT2D eigenvalue weighted by atomic mass is 79.9. The molecule has 8 heteroatoms. The fourth-order valence-corrected chi connectivity index (χ4v) is 3.70. The summed E-state index contributed by atoms with van der Waals surface area (Å²) in [6, 6.07) is 7.51. The number of ether oxygens (including phenoxy) is 1. The number of nitrogens with one attached hydrogen (secondary N) is 1. The van der Waals surface area contributed by atoms with Gasteiger partial charge in [0.25, 0.3) is 0 Å². The largest absolute Gasteiger partial charge is 0.503 e. The lowest BCUT2D eigenvalue weighted by atomic mass is 10.2. The Kier molecular flexibility index (Phi) is 4.94. The first kappa shape index (κ1) is 16.0. The summed E-state index contributed by atoms with van der Waals surface area (Å²) in [6.07, 6.45) is 1.61. The fraction of sp³-hybridized carbons (Fsp3) is 0.0667. The number of phenols is 1. The second-order valence-corrected chi connectivity index (χ2v) is 7.00. The summed E-state index contributed by atoms with van der Waals surface area (Å²) >= 11 is 6.46. The molecule has 5 nitrogen and oxygen atoms in total. The maximum absolute atomic E-state index is 9.94. The predicted octanol–water partition coefficient (Wildman–Crippen LogP) is 4.79. The number of nitrogens with zero attached hydrogens (tertiary/aromatic N) is 2. The van der Waals surface area contributed by atoms with Gasteiger partial charge in [-0.05, 0) is 39.5 Å². The van der Waals surface area contributed by atoms with Crippen LogP contribution in [0, 0.1) is 0 Å². The lowest BCUT2D eigenvalue weighted by Gasteiger charge is -2.06. The number of benzene rings is 1. The average molecular weight is 410 g/mol. The lowest BCUT2D eigenvalue weighted by Crippen LogP contribution is -1.92. The second-order valence-electron chi connectivity index (χ2n) is 4.40. The highest BCUT2D eigenvalue weighted by Gasteiger charge is 2.09. The monoisotopic (exact) mass is 409 g/mol. The van der Waals surface area contributed by atoms with Crippen LogP contribution in [0.25, 0.3) is 10.6 Å². The molecule has 0 saturated heterocycles. The molecule has 3 aromatic rings. The molecule has 0 fully saturated rings. The molecule has 0 spiro atoms. The van der Waals surface area contributed by atoms with E-state index in [0.717, 1.165) is 16.1 Å². The summed E-state index contributed by atoms with van der Waals surface area (Å²) in [4.78, 5) is 5.60. The van der Waals surface area contributed by atoms with E-state index in [1.54, 1.807) is 29.7 Å². The van der Waals surface area contributed by atoms with Gasteiger partial charge in [0, 0.05) is 10.9 Å². The minimum atomic E-state index is 0.0469. The Labute approximate surface area is 149 Å². The molecule has 118 valence electrons. The van der Waals surface area contributed by atoms with Crippen molar-refractivity contribution in [2.45, 2.75) is 0 Å². The molecular weight excluding hydrogens is 398 g/mol. The van der Waals surface area contributed by atoms with Crippen LogP contribution in [0.5, 0.6) is 11.5 Å². The second kappa shape index (κ2) is 7.12. The van der Waals surface area contributed by atoms with Crippen LogP contribution in [0.3, 0.4) is 0 Å². The topological polar surface area (TPSA) is 66.7 Å². The highest BCUT2D eigenvalue weighted by Crippen LogP contribution is 2.35. The third-order valence-corrected chi connectivity index (χ3v) is 5.44. The van der Waals surface area contributed by atoms with Gasteiger partial charge in [0.05, 0.1) is 28.4 Å². The molecule has 1 aromatic carbocycles. The Morgan fingerprint density at radius 2 is 2.22 bits per heavy atom. The summed E-state index contributed by atoms with van der Waals surface area (Å²) in [5.74, 6) is 0.452. The van der Waals surface area contributed by atoms with Gasteiger partial charge in [-0.1, -0.05) is 6.07 Å². The van der Waals surface area contributed by atoms with Crippen LogP contribution < -0.4 is 10.2 Å². The first-order chi connectivity index (χ1) is 11.2. The van der Waals surface area contributed by atoms with Gasteiger partial charge < -0.3 is 9.84 Å². The Hall–Kier alpha value is -1.90. The molecule has 0 aliphatic heterocycles. The number of aromatic hydroxyl groups is 1. The van der Waals surface area contributed by atoms with Crippen LogP contribution in [-0.2, 0) is 0 Å². The Bertz CT molecular complexity index is 831. The Morgan fingerprint density at radius 3 is 2.96 bits per heavy atom. The van der Waals surface area contributed by atoms with E-state index in [1.807, 2.05) is 22.9 Å². The lowest BCUT2D eigenvalue weighted by molar-refractivity contribution is 0.372. The summed E-state index contributed by atoms with van der Waals surface area (Å²) < 4.78 is 5.57. The van der Waals surface area contributed by atoms with E-state index in [4.69, 9.17) is 4.74 Å². The van der Waals surface area contributed by atoms with E-state index in [2.05, 4.69) is 31.4 Å². The molecule has 2 aromatic heterocycles. The van der Waals surface area contributed by atoms with E-state index >= 15 is 0 Å². The van der Waals surface area contributed by atoms with Crippen molar-refractivity contribution < 1.29 is 9.84 Å². The number of hydrogen-bond donors (Lipinski definition) is 2. The molecule has 3 rings (SSSR count). The summed E-state index contributed by atoms with van der Waals surface area (Å²) in [5.41, 5.74) is 4.56. The molecule has 0 aliphatic rings. The van der Waals surface area contributed by atoms with Gasteiger partial charge in [-0.3, -0.25) is 5.43 Å². The molecule has 0 bridgehead atoms. The van der Waals surface area contributed by atoms with E-state index in [0.29, 0.717) is 15.4 Å². The zero-order valence-corrected chi connectivity index (χ0v) is 15.2. The van der Waals surface area contributed by atoms with Crippen molar-refractivity contribution in [1.82, 2.24) is 4.98 Å². The smallest absolute Gasteiger partial charge is 0.203 e. The number of thiazole rings is 1.